The second-order valence-corrected chi connectivity index (χ2v) is 8.63. The molecule has 0 aliphatic rings. The molecule has 0 aromatic heterocycles. The summed E-state index contributed by atoms with van der Waals surface area (Å²) in [6, 6.07) is 6.89. The predicted octanol–water partition coefficient (Wildman–Crippen LogP) is 4.32. The molecule has 0 radical (unpaired) electrons. The molecule has 6 nitrogen and oxygen atoms in total. The van der Waals surface area contributed by atoms with Crippen LogP contribution in [0.1, 0.15) is 39.5 Å². The van der Waals surface area contributed by atoms with Gasteiger partial charge in [0.1, 0.15) is 6.17 Å². The van der Waals surface area contributed by atoms with Crippen molar-refractivity contribution in [2.24, 2.45) is 0 Å². The number of carbonyl (C=O) groups is 2. The Labute approximate surface area is 179 Å². The highest BCUT2D eigenvalue weighted by atomic mass is 35.6. The summed E-state index contributed by atoms with van der Waals surface area (Å²) in [7, 11) is 0. The SMILES string of the molecule is CCCCCC(=O)N[C@H](NC(=S)Nc1ccc(NC(C)=O)cc1)C(Cl)(Cl)Cl. The first-order valence-electron chi connectivity index (χ1n) is 8.43. The molecular weight excluding hydrogens is 431 g/mol. The number of carbonyl (C=O) groups excluding carboxylic acids is 2. The average molecular weight is 454 g/mol. The van der Waals surface area contributed by atoms with Gasteiger partial charge in [0.25, 0.3) is 0 Å². The molecule has 4 N–H and O–H groups in total. The van der Waals surface area contributed by atoms with Gasteiger partial charge in [-0.25, -0.2) is 0 Å². The van der Waals surface area contributed by atoms with Crippen molar-refractivity contribution in [2.45, 2.75) is 49.5 Å². The van der Waals surface area contributed by atoms with Crippen molar-refractivity contribution < 1.29 is 9.59 Å². The minimum atomic E-state index is -1.79. The molecule has 2 amide bonds. The van der Waals surface area contributed by atoms with Gasteiger partial charge in [-0.05, 0) is 42.9 Å². The van der Waals surface area contributed by atoms with E-state index in [1.807, 2.05) is 0 Å². The Morgan fingerprint density at radius 2 is 1.59 bits per heavy atom. The Hall–Kier alpha value is -1.28. The average Bonchev–Trinajstić information content (AvgIpc) is 2.55. The second-order valence-electron chi connectivity index (χ2n) is 5.86. The molecule has 1 aromatic carbocycles. The normalized spacial score (nSPS) is 12.0. The van der Waals surface area contributed by atoms with Crippen LogP contribution in [0.3, 0.4) is 0 Å². The number of nitrogens with one attached hydrogen (secondary N) is 4. The van der Waals surface area contributed by atoms with Crippen molar-refractivity contribution in [3.8, 4) is 0 Å². The smallest absolute Gasteiger partial charge is 0.228 e. The highest BCUT2D eigenvalue weighted by molar-refractivity contribution is 7.80. The highest BCUT2D eigenvalue weighted by Crippen LogP contribution is 2.29. The molecule has 0 unspecified atom stereocenters. The number of hydrogen-bond acceptors (Lipinski definition) is 3. The number of benzene rings is 1. The Kier molecular flexibility index (Phi) is 10.2. The lowest BCUT2D eigenvalue weighted by Crippen LogP contribution is -2.56. The molecule has 1 rings (SSSR count). The standard InChI is InChI=1S/C17H23Cl3N4O2S/c1-3-4-5-6-14(26)23-15(17(18,19)20)24-16(27)22-13-9-7-12(8-10-13)21-11(2)25/h7-10,15H,3-6H2,1-2H3,(H,21,25)(H,23,26)(H2,22,24,27)/t15-/m1/s1. The van der Waals surface area contributed by atoms with Crippen LogP contribution >= 0.6 is 47.0 Å². The van der Waals surface area contributed by atoms with Gasteiger partial charge in [-0.1, -0.05) is 54.6 Å². The van der Waals surface area contributed by atoms with Gasteiger partial charge >= 0.3 is 0 Å². The first-order valence-corrected chi connectivity index (χ1v) is 9.97. The van der Waals surface area contributed by atoms with Gasteiger partial charge in [0, 0.05) is 24.7 Å². The molecule has 10 heteroatoms. The lowest BCUT2D eigenvalue weighted by Gasteiger charge is -2.27. The van der Waals surface area contributed by atoms with E-state index in [-0.39, 0.29) is 16.9 Å². The molecule has 0 fully saturated rings. The minimum Gasteiger partial charge on any atom is -0.339 e. The third kappa shape index (κ3) is 10.0. The maximum atomic E-state index is 12.0. The molecule has 150 valence electrons. The molecule has 0 saturated carbocycles. The molecule has 0 heterocycles. The third-order valence-electron chi connectivity index (χ3n) is 3.38. The summed E-state index contributed by atoms with van der Waals surface area (Å²) in [6.45, 7) is 3.48. The first-order chi connectivity index (χ1) is 12.6. The summed E-state index contributed by atoms with van der Waals surface area (Å²) in [5.74, 6) is -0.386. The first kappa shape index (κ1) is 23.8. The van der Waals surface area contributed by atoms with Crippen molar-refractivity contribution in [1.29, 1.82) is 0 Å². The zero-order valence-corrected chi connectivity index (χ0v) is 18.2. The number of thiocarbonyl (C=S) groups is 1. The predicted molar refractivity (Wildman–Crippen MR) is 116 cm³/mol. The van der Waals surface area contributed by atoms with Gasteiger partial charge in [-0.2, -0.15) is 0 Å². The summed E-state index contributed by atoms with van der Waals surface area (Å²) in [5, 5.41) is 11.2. The number of rotatable bonds is 8. The summed E-state index contributed by atoms with van der Waals surface area (Å²) in [6.07, 6.45) is 2.08. The van der Waals surface area contributed by atoms with Gasteiger partial charge in [-0.3, -0.25) is 9.59 Å². The number of halogens is 3. The van der Waals surface area contributed by atoms with E-state index in [0.717, 1.165) is 19.3 Å². The fourth-order valence-corrected chi connectivity index (χ4v) is 2.67. The van der Waals surface area contributed by atoms with Crippen molar-refractivity contribution in [3.63, 3.8) is 0 Å². The van der Waals surface area contributed by atoms with Crippen LogP contribution in [0.2, 0.25) is 0 Å². The van der Waals surface area contributed by atoms with Crippen LogP contribution in [0.5, 0.6) is 0 Å². The summed E-state index contributed by atoms with van der Waals surface area (Å²) < 4.78 is -1.79. The third-order valence-corrected chi connectivity index (χ3v) is 4.25. The lowest BCUT2D eigenvalue weighted by molar-refractivity contribution is -0.122. The maximum absolute atomic E-state index is 12.0. The highest BCUT2D eigenvalue weighted by Gasteiger charge is 2.34. The van der Waals surface area contributed by atoms with E-state index in [9.17, 15) is 9.59 Å². The van der Waals surface area contributed by atoms with Crippen molar-refractivity contribution >= 4 is 75.3 Å². The van der Waals surface area contributed by atoms with Gasteiger partial charge in [0.15, 0.2) is 5.11 Å². The Balaban J connectivity index is 2.63. The maximum Gasteiger partial charge on any atom is 0.228 e. The van der Waals surface area contributed by atoms with Crippen LogP contribution in [0.15, 0.2) is 24.3 Å². The molecular formula is C17H23Cl3N4O2S. The molecule has 0 spiro atoms. The quantitative estimate of drug-likeness (QED) is 0.204. The summed E-state index contributed by atoms with van der Waals surface area (Å²) >= 11 is 23.1. The number of unbranched alkanes of at least 4 members (excludes halogenated alkanes) is 2. The van der Waals surface area contributed by atoms with Gasteiger partial charge in [0.05, 0.1) is 0 Å². The Morgan fingerprint density at radius 1 is 1.04 bits per heavy atom. The van der Waals surface area contributed by atoms with E-state index >= 15 is 0 Å². The number of amides is 2. The molecule has 0 saturated heterocycles. The molecule has 0 bridgehead atoms. The Bertz CT molecular complexity index is 651. The second kappa shape index (κ2) is 11.5. The van der Waals surface area contributed by atoms with Crippen LogP contribution in [-0.4, -0.2) is 26.9 Å². The summed E-state index contributed by atoms with van der Waals surface area (Å²) in [4.78, 5) is 23.0. The molecule has 0 aliphatic heterocycles. The van der Waals surface area contributed by atoms with E-state index in [2.05, 4.69) is 28.2 Å². The largest absolute Gasteiger partial charge is 0.339 e. The van der Waals surface area contributed by atoms with E-state index in [0.29, 0.717) is 17.8 Å². The number of hydrogen-bond donors (Lipinski definition) is 4. The molecule has 27 heavy (non-hydrogen) atoms. The van der Waals surface area contributed by atoms with E-state index < -0.39 is 9.96 Å². The van der Waals surface area contributed by atoms with E-state index in [1.54, 1.807) is 24.3 Å². The topological polar surface area (TPSA) is 82.3 Å². The van der Waals surface area contributed by atoms with Crippen LogP contribution in [-0.2, 0) is 9.59 Å². The zero-order chi connectivity index (χ0) is 20.4. The number of anilines is 2. The monoisotopic (exact) mass is 452 g/mol. The summed E-state index contributed by atoms with van der Waals surface area (Å²) in [5.41, 5.74) is 1.32. The van der Waals surface area contributed by atoms with Gasteiger partial charge in [-0.15, -0.1) is 0 Å². The van der Waals surface area contributed by atoms with Crippen LogP contribution in [0.4, 0.5) is 11.4 Å². The lowest BCUT2D eigenvalue weighted by atomic mass is 10.2. The Morgan fingerprint density at radius 3 is 2.07 bits per heavy atom. The van der Waals surface area contributed by atoms with Gasteiger partial charge < -0.3 is 21.3 Å². The van der Waals surface area contributed by atoms with Gasteiger partial charge in [0.2, 0.25) is 15.6 Å². The molecule has 0 aliphatic carbocycles. The molecule has 1 aromatic rings. The van der Waals surface area contributed by atoms with E-state index in [4.69, 9.17) is 47.0 Å². The number of alkyl halides is 3. The van der Waals surface area contributed by atoms with Crippen LogP contribution < -0.4 is 21.3 Å². The fraction of sp³-hybridized carbons (Fsp3) is 0.471. The zero-order valence-electron chi connectivity index (χ0n) is 15.1. The van der Waals surface area contributed by atoms with Crippen molar-refractivity contribution in [3.05, 3.63) is 24.3 Å². The van der Waals surface area contributed by atoms with Crippen molar-refractivity contribution in [1.82, 2.24) is 10.6 Å². The van der Waals surface area contributed by atoms with E-state index in [1.165, 1.54) is 6.92 Å². The molecule has 1 atom stereocenters. The van der Waals surface area contributed by atoms with Crippen molar-refractivity contribution in [2.75, 3.05) is 10.6 Å². The van der Waals surface area contributed by atoms with Crippen LogP contribution in [0.25, 0.3) is 0 Å². The minimum absolute atomic E-state index is 0.159. The fourth-order valence-electron chi connectivity index (χ4n) is 2.11. The van der Waals surface area contributed by atoms with Crippen LogP contribution in [0, 0.1) is 0 Å².